The molecule has 0 fully saturated rings. The van der Waals surface area contributed by atoms with Crippen LogP contribution in [0.15, 0.2) is 67.0 Å². The van der Waals surface area contributed by atoms with Crippen LogP contribution in [0.3, 0.4) is 0 Å². The number of nitrogen functional groups attached to an aromatic ring is 1. The van der Waals surface area contributed by atoms with Crippen molar-refractivity contribution in [1.29, 1.82) is 0 Å². The Morgan fingerprint density at radius 2 is 1.83 bits per heavy atom. The number of nitrogens with one attached hydrogen (secondary N) is 1. The van der Waals surface area contributed by atoms with Gasteiger partial charge >= 0.3 is 0 Å². The summed E-state index contributed by atoms with van der Waals surface area (Å²) in [6.07, 6.45) is 2.98. The molecule has 7 nitrogen and oxygen atoms in total. The minimum absolute atomic E-state index is 0.0402. The molecule has 4 rings (SSSR count). The van der Waals surface area contributed by atoms with Gasteiger partial charge < -0.3 is 20.4 Å². The number of carbonyl (C=O) groups is 2. The Morgan fingerprint density at radius 3 is 2.51 bits per heavy atom. The zero-order valence-electron chi connectivity index (χ0n) is 18.4. The van der Waals surface area contributed by atoms with Gasteiger partial charge in [-0.1, -0.05) is 11.6 Å². The van der Waals surface area contributed by atoms with Gasteiger partial charge in [-0.15, -0.1) is 0 Å². The largest absolute Gasteiger partial charge is 0.453 e. The summed E-state index contributed by atoms with van der Waals surface area (Å²) in [5, 5.41) is 2.65. The van der Waals surface area contributed by atoms with E-state index in [4.69, 9.17) is 22.1 Å². The van der Waals surface area contributed by atoms with Crippen LogP contribution in [-0.2, 0) is 6.54 Å². The number of aromatic nitrogens is 2. The Balaban J connectivity index is 1.57. The van der Waals surface area contributed by atoms with Crippen LogP contribution in [0, 0.1) is 11.6 Å². The summed E-state index contributed by atoms with van der Waals surface area (Å²) in [5.41, 5.74) is 6.25. The van der Waals surface area contributed by atoms with Gasteiger partial charge in [0.05, 0.1) is 5.56 Å². The van der Waals surface area contributed by atoms with Crippen molar-refractivity contribution in [3.63, 3.8) is 0 Å². The first-order valence-electron chi connectivity index (χ1n) is 10.5. The maximum absolute atomic E-state index is 14.7. The number of nitrogens with zero attached hydrogens (tertiary/aromatic N) is 2. The molecule has 0 saturated heterocycles. The van der Waals surface area contributed by atoms with Gasteiger partial charge in [0.25, 0.3) is 5.91 Å². The fraction of sp³-hybridized carbons (Fsp3) is 0.0800. The first-order chi connectivity index (χ1) is 16.8. The molecule has 0 saturated carbocycles. The predicted octanol–water partition coefficient (Wildman–Crippen LogP) is 5.69. The molecular weight excluding hydrogens is 478 g/mol. The van der Waals surface area contributed by atoms with Crippen LogP contribution < -0.4 is 15.8 Å². The quantitative estimate of drug-likeness (QED) is 0.320. The highest BCUT2D eigenvalue weighted by molar-refractivity contribution is 6.34. The number of benzene rings is 2. The van der Waals surface area contributed by atoms with Crippen LogP contribution in [-0.4, -0.2) is 21.2 Å². The molecule has 2 aromatic carbocycles. The van der Waals surface area contributed by atoms with Gasteiger partial charge in [0.15, 0.2) is 23.1 Å². The molecular formula is C25H19ClF2N4O3. The first-order valence-corrected chi connectivity index (χ1v) is 10.8. The van der Waals surface area contributed by atoms with E-state index in [1.165, 1.54) is 54.7 Å². The van der Waals surface area contributed by atoms with Gasteiger partial charge in [-0.25, -0.2) is 13.8 Å². The first kappa shape index (κ1) is 23.9. The molecule has 1 amide bonds. The van der Waals surface area contributed by atoms with Crippen molar-refractivity contribution in [1.82, 2.24) is 9.55 Å². The Hall–Kier alpha value is -4.24. The van der Waals surface area contributed by atoms with Crippen molar-refractivity contribution in [3.05, 3.63) is 100 Å². The summed E-state index contributed by atoms with van der Waals surface area (Å²) in [7, 11) is 0. The van der Waals surface area contributed by atoms with Gasteiger partial charge in [0, 0.05) is 42.3 Å². The third-order valence-electron chi connectivity index (χ3n) is 5.16. The summed E-state index contributed by atoms with van der Waals surface area (Å²) in [5.74, 6) is -2.26. The molecule has 0 unspecified atom stereocenters. The van der Waals surface area contributed by atoms with Crippen LogP contribution in [0.2, 0.25) is 5.02 Å². The van der Waals surface area contributed by atoms with Gasteiger partial charge in [-0.3, -0.25) is 9.59 Å². The number of hydrogen-bond donors (Lipinski definition) is 2. The molecule has 2 aromatic heterocycles. The molecule has 2 heterocycles. The second-order valence-electron chi connectivity index (χ2n) is 7.41. The average Bonchev–Trinajstić information content (AvgIpc) is 3.28. The SMILES string of the molecule is CCn1ccc(C(=O)c2ccc(F)cc2)c1C(=O)Nc1ccc(Oc2ccnc(N)c2Cl)c(F)c1. The number of ether oxygens (including phenoxy) is 1. The van der Waals surface area contributed by atoms with E-state index in [1.54, 1.807) is 10.8 Å². The minimum Gasteiger partial charge on any atom is -0.453 e. The lowest BCUT2D eigenvalue weighted by atomic mass is 10.0. The highest BCUT2D eigenvalue weighted by Crippen LogP contribution is 2.34. The van der Waals surface area contributed by atoms with E-state index in [0.717, 1.165) is 6.07 Å². The lowest BCUT2D eigenvalue weighted by molar-refractivity contribution is 0.0990. The number of amides is 1. The van der Waals surface area contributed by atoms with E-state index in [1.807, 2.05) is 6.92 Å². The summed E-state index contributed by atoms with van der Waals surface area (Å²) in [4.78, 5) is 29.9. The molecule has 0 aliphatic heterocycles. The fourth-order valence-electron chi connectivity index (χ4n) is 3.42. The predicted molar refractivity (Wildman–Crippen MR) is 128 cm³/mol. The number of nitrogens with two attached hydrogens (primary N) is 1. The van der Waals surface area contributed by atoms with Gasteiger partial charge in [0.1, 0.15) is 22.4 Å². The number of carbonyl (C=O) groups excluding carboxylic acids is 2. The Morgan fingerprint density at radius 1 is 1.09 bits per heavy atom. The number of pyridine rings is 1. The summed E-state index contributed by atoms with van der Waals surface area (Å²) >= 11 is 6.03. The molecule has 0 bridgehead atoms. The van der Waals surface area contributed by atoms with Crippen LogP contribution in [0.4, 0.5) is 20.3 Å². The third kappa shape index (κ3) is 4.99. The Kier molecular flexibility index (Phi) is 6.79. The van der Waals surface area contributed by atoms with Crippen molar-refractivity contribution >= 4 is 34.8 Å². The molecule has 0 atom stereocenters. The number of ketones is 1. The Labute approximate surface area is 204 Å². The van der Waals surface area contributed by atoms with E-state index >= 15 is 0 Å². The second kappa shape index (κ2) is 9.94. The zero-order chi connectivity index (χ0) is 25.1. The second-order valence-corrected chi connectivity index (χ2v) is 7.79. The highest BCUT2D eigenvalue weighted by atomic mass is 35.5. The van der Waals surface area contributed by atoms with Crippen molar-refractivity contribution in [2.75, 3.05) is 11.1 Å². The summed E-state index contributed by atoms with van der Waals surface area (Å²) < 4.78 is 35.0. The molecule has 3 N–H and O–H groups in total. The van der Waals surface area contributed by atoms with Crippen LogP contribution >= 0.6 is 11.6 Å². The molecule has 178 valence electrons. The molecule has 35 heavy (non-hydrogen) atoms. The molecule has 4 aromatic rings. The number of halogens is 3. The van der Waals surface area contributed by atoms with Crippen molar-refractivity contribution in [3.8, 4) is 11.5 Å². The van der Waals surface area contributed by atoms with Crippen molar-refractivity contribution in [2.45, 2.75) is 13.5 Å². The average molecular weight is 497 g/mol. The third-order valence-corrected chi connectivity index (χ3v) is 5.54. The highest BCUT2D eigenvalue weighted by Gasteiger charge is 2.23. The summed E-state index contributed by atoms with van der Waals surface area (Å²) in [6.45, 7) is 2.22. The number of rotatable bonds is 7. The summed E-state index contributed by atoms with van der Waals surface area (Å²) in [6, 6.07) is 11.8. The van der Waals surface area contributed by atoms with E-state index in [0.29, 0.717) is 6.54 Å². The topological polar surface area (TPSA) is 99.2 Å². The van der Waals surface area contributed by atoms with Crippen molar-refractivity contribution < 1.29 is 23.1 Å². The smallest absolute Gasteiger partial charge is 0.273 e. The minimum atomic E-state index is -0.761. The standard InChI is InChI=1S/C25H19ClF2N4O3/c1-2-32-12-10-17(23(33)14-3-5-15(27)6-4-14)22(32)25(34)31-16-7-8-19(18(28)13-16)35-20-9-11-30-24(29)21(20)26/h3-13H,2H2,1H3,(H2,29,30)(H,31,34). The van der Waals surface area contributed by atoms with Gasteiger partial charge in [0.2, 0.25) is 0 Å². The van der Waals surface area contributed by atoms with E-state index in [2.05, 4.69) is 10.3 Å². The zero-order valence-corrected chi connectivity index (χ0v) is 19.1. The monoisotopic (exact) mass is 496 g/mol. The molecule has 0 spiro atoms. The van der Waals surface area contributed by atoms with Crippen molar-refractivity contribution in [2.24, 2.45) is 0 Å². The van der Waals surface area contributed by atoms with E-state index in [9.17, 15) is 18.4 Å². The van der Waals surface area contributed by atoms with Gasteiger partial charge in [-0.05, 0) is 49.4 Å². The number of hydrogen-bond acceptors (Lipinski definition) is 5. The normalized spacial score (nSPS) is 10.7. The van der Waals surface area contributed by atoms with Gasteiger partial charge in [-0.2, -0.15) is 0 Å². The van der Waals surface area contributed by atoms with E-state index in [-0.39, 0.29) is 44.8 Å². The van der Waals surface area contributed by atoms with Crippen LogP contribution in [0.25, 0.3) is 0 Å². The number of aryl methyl sites for hydroxylation is 1. The molecule has 10 heteroatoms. The lowest BCUT2D eigenvalue weighted by Crippen LogP contribution is -2.20. The van der Waals surface area contributed by atoms with E-state index < -0.39 is 23.3 Å². The fourth-order valence-corrected chi connectivity index (χ4v) is 3.57. The lowest BCUT2D eigenvalue weighted by Gasteiger charge is -2.12. The van der Waals surface area contributed by atoms with Crippen LogP contribution in [0.1, 0.15) is 33.3 Å². The Bertz CT molecular complexity index is 1420. The molecule has 0 aliphatic carbocycles. The molecule has 0 aliphatic rings. The van der Waals surface area contributed by atoms with Crippen LogP contribution in [0.5, 0.6) is 11.5 Å². The molecule has 0 radical (unpaired) electrons. The maximum atomic E-state index is 14.7. The number of anilines is 2. The maximum Gasteiger partial charge on any atom is 0.273 e.